The van der Waals surface area contributed by atoms with E-state index in [4.69, 9.17) is 5.73 Å². The number of hydrogen-bond acceptors (Lipinski definition) is 3. The molecule has 128 valence electrons. The summed E-state index contributed by atoms with van der Waals surface area (Å²) in [6.07, 6.45) is 2.61. The lowest BCUT2D eigenvalue weighted by Crippen LogP contribution is -2.39. The third kappa shape index (κ3) is 3.64. The van der Waals surface area contributed by atoms with Crippen LogP contribution in [0.25, 0.3) is 5.69 Å². The highest BCUT2D eigenvalue weighted by molar-refractivity contribution is 5.79. The Balaban J connectivity index is 1.69. The van der Waals surface area contributed by atoms with Gasteiger partial charge >= 0.3 is 0 Å². The minimum atomic E-state index is -0.285. The monoisotopic (exact) mass is 330 g/mol. The molecule has 6 heteroatoms. The Labute approximate surface area is 141 Å². The predicted molar refractivity (Wildman–Crippen MR) is 90.4 cm³/mol. The molecule has 3 rings (SSSR count). The van der Waals surface area contributed by atoms with E-state index in [1.807, 2.05) is 13.8 Å². The molecule has 2 aromatic rings. The normalized spacial score (nSPS) is 15.3. The van der Waals surface area contributed by atoms with Gasteiger partial charge in [0.2, 0.25) is 5.91 Å². The molecule has 1 atom stereocenters. The van der Waals surface area contributed by atoms with Crippen molar-refractivity contribution in [3.63, 3.8) is 0 Å². The van der Waals surface area contributed by atoms with Crippen LogP contribution in [0.3, 0.4) is 0 Å². The Kier molecular flexibility index (Phi) is 4.66. The molecule has 1 aliphatic rings. The summed E-state index contributed by atoms with van der Waals surface area (Å²) in [5.41, 5.74) is 9.38. The van der Waals surface area contributed by atoms with E-state index in [-0.39, 0.29) is 24.2 Å². The first-order valence-electron chi connectivity index (χ1n) is 8.29. The van der Waals surface area contributed by atoms with Crippen LogP contribution in [0.15, 0.2) is 24.3 Å². The summed E-state index contributed by atoms with van der Waals surface area (Å²) in [5.74, 6) is 0.234. The molecule has 3 N–H and O–H groups in total. The van der Waals surface area contributed by atoms with Crippen LogP contribution in [0.4, 0.5) is 4.39 Å². The molecule has 1 unspecified atom stereocenters. The summed E-state index contributed by atoms with van der Waals surface area (Å²) < 4.78 is 14.8. The topological polar surface area (TPSA) is 72.9 Å². The Morgan fingerprint density at radius 3 is 2.67 bits per heavy atom. The van der Waals surface area contributed by atoms with E-state index in [9.17, 15) is 9.18 Å². The van der Waals surface area contributed by atoms with Gasteiger partial charge in [0.05, 0.1) is 17.8 Å². The summed E-state index contributed by atoms with van der Waals surface area (Å²) in [4.78, 5) is 12.2. The SMILES string of the molecule is Cc1nn(-c2ccc(F)cc2)c(C)c1CC(=O)NCC(N)C1CC1. The van der Waals surface area contributed by atoms with Crippen molar-refractivity contribution in [2.75, 3.05) is 6.54 Å². The van der Waals surface area contributed by atoms with E-state index in [2.05, 4.69) is 10.4 Å². The number of carbonyl (C=O) groups is 1. The maximum atomic E-state index is 13.1. The molecule has 1 heterocycles. The molecular formula is C18H23FN4O. The van der Waals surface area contributed by atoms with Crippen molar-refractivity contribution in [1.82, 2.24) is 15.1 Å². The molecule has 1 amide bonds. The van der Waals surface area contributed by atoms with Crippen LogP contribution < -0.4 is 11.1 Å². The number of nitrogens with two attached hydrogens (primary N) is 1. The second kappa shape index (κ2) is 6.73. The van der Waals surface area contributed by atoms with Crippen LogP contribution in [0.5, 0.6) is 0 Å². The second-order valence-corrected chi connectivity index (χ2v) is 6.52. The molecule has 1 fully saturated rings. The third-order valence-electron chi connectivity index (χ3n) is 4.61. The van der Waals surface area contributed by atoms with Gasteiger partial charge in [-0.1, -0.05) is 0 Å². The highest BCUT2D eigenvalue weighted by Crippen LogP contribution is 2.31. The van der Waals surface area contributed by atoms with E-state index < -0.39 is 0 Å². The number of amides is 1. The fourth-order valence-corrected chi connectivity index (χ4v) is 2.91. The zero-order valence-corrected chi connectivity index (χ0v) is 14.1. The molecule has 0 radical (unpaired) electrons. The Hall–Kier alpha value is -2.21. The van der Waals surface area contributed by atoms with Crippen LogP contribution >= 0.6 is 0 Å². The summed E-state index contributed by atoms with van der Waals surface area (Å²) in [5, 5.41) is 7.40. The lowest BCUT2D eigenvalue weighted by atomic mass is 10.1. The van der Waals surface area contributed by atoms with Crippen LogP contribution in [-0.2, 0) is 11.2 Å². The summed E-state index contributed by atoms with van der Waals surface area (Å²) in [6, 6.07) is 6.20. The van der Waals surface area contributed by atoms with Crippen molar-refractivity contribution < 1.29 is 9.18 Å². The van der Waals surface area contributed by atoms with Gasteiger partial charge in [-0.15, -0.1) is 0 Å². The van der Waals surface area contributed by atoms with Crippen molar-refractivity contribution in [3.05, 3.63) is 47.0 Å². The summed E-state index contributed by atoms with van der Waals surface area (Å²) in [7, 11) is 0. The first-order chi connectivity index (χ1) is 11.5. The fraction of sp³-hybridized carbons (Fsp3) is 0.444. The van der Waals surface area contributed by atoms with Gasteiger partial charge < -0.3 is 11.1 Å². The van der Waals surface area contributed by atoms with Gasteiger partial charge in [-0.05, 0) is 56.9 Å². The average molecular weight is 330 g/mol. The van der Waals surface area contributed by atoms with E-state index in [0.29, 0.717) is 12.5 Å². The van der Waals surface area contributed by atoms with Crippen molar-refractivity contribution in [2.24, 2.45) is 11.7 Å². The van der Waals surface area contributed by atoms with Crippen molar-refractivity contribution in [1.29, 1.82) is 0 Å². The molecule has 0 aliphatic heterocycles. The molecule has 0 saturated heterocycles. The average Bonchev–Trinajstić information content (AvgIpc) is 3.37. The lowest BCUT2D eigenvalue weighted by molar-refractivity contribution is -0.120. The smallest absolute Gasteiger partial charge is 0.224 e. The minimum Gasteiger partial charge on any atom is -0.354 e. The van der Waals surface area contributed by atoms with Gasteiger partial charge in [-0.3, -0.25) is 4.79 Å². The molecule has 24 heavy (non-hydrogen) atoms. The number of rotatable bonds is 6. The molecule has 5 nitrogen and oxygen atoms in total. The van der Waals surface area contributed by atoms with Crippen LogP contribution in [0.1, 0.15) is 29.8 Å². The van der Waals surface area contributed by atoms with Gasteiger partial charge in [0.1, 0.15) is 5.82 Å². The quantitative estimate of drug-likeness (QED) is 0.851. The lowest BCUT2D eigenvalue weighted by Gasteiger charge is -2.11. The molecule has 1 aliphatic carbocycles. The number of aryl methyl sites for hydroxylation is 1. The van der Waals surface area contributed by atoms with E-state index in [1.54, 1.807) is 16.8 Å². The molecule has 1 aromatic heterocycles. The third-order valence-corrected chi connectivity index (χ3v) is 4.61. The number of benzene rings is 1. The Bertz CT molecular complexity index is 734. The maximum Gasteiger partial charge on any atom is 0.224 e. The number of carbonyl (C=O) groups excluding carboxylic acids is 1. The zero-order chi connectivity index (χ0) is 17.3. The van der Waals surface area contributed by atoms with Crippen LogP contribution in [0, 0.1) is 25.6 Å². The van der Waals surface area contributed by atoms with Crippen molar-refractivity contribution in [3.8, 4) is 5.69 Å². The zero-order valence-electron chi connectivity index (χ0n) is 14.1. The standard InChI is InChI=1S/C18H23FN4O/c1-11-16(9-18(24)21-10-17(20)13-3-4-13)12(2)23(22-11)15-7-5-14(19)6-8-15/h5-8,13,17H,3-4,9-10,20H2,1-2H3,(H,21,24). The van der Waals surface area contributed by atoms with Crippen LogP contribution in [-0.4, -0.2) is 28.3 Å². The molecule has 0 bridgehead atoms. The summed E-state index contributed by atoms with van der Waals surface area (Å²) >= 11 is 0. The van der Waals surface area contributed by atoms with E-state index >= 15 is 0 Å². The minimum absolute atomic E-state index is 0.0454. The number of hydrogen-bond donors (Lipinski definition) is 2. The molecule has 1 aromatic carbocycles. The first-order valence-corrected chi connectivity index (χ1v) is 8.29. The number of nitrogens with zero attached hydrogens (tertiary/aromatic N) is 2. The summed E-state index contributed by atoms with van der Waals surface area (Å²) in [6.45, 7) is 4.32. The molecule has 1 saturated carbocycles. The maximum absolute atomic E-state index is 13.1. The number of aromatic nitrogens is 2. The molecule has 0 spiro atoms. The first kappa shape index (κ1) is 16.6. The number of nitrogens with one attached hydrogen (secondary N) is 1. The largest absolute Gasteiger partial charge is 0.354 e. The van der Waals surface area contributed by atoms with Gasteiger partial charge in [-0.2, -0.15) is 5.10 Å². The van der Waals surface area contributed by atoms with E-state index in [0.717, 1.165) is 22.6 Å². The van der Waals surface area contributed by atoms with Crippen molar-refractivity contribution >= 4 is 5.91 Å². The van der Waals surface area contributed by atoms with Gasteiger partial charge in [-0.25, -0.2) is 9.07 Å². The van der Waals surface area contributed by atoms with Gasteiger partial charge in [0.25, 0.3) is 0 Å². The molecular weight excluding hydrogens is 307 g/mol. The fourth-order valence-electron chi connectivity index (χ4n) is 2.91. The second-order valence-electron chi connectivity index (χ2n) is 6.52. The van der Waals surface area contributed by atoms with Crippen molar-refractivity contribution in [2.45, 2.75) is 39.2 Å². The Morgan fingerprint density at radius 1 is 1.38 bits per heavy atom. The highest BCUT2D eigenvalue weighted by Gasteiger charge is 2.28. The van der Waals surface area contributed by atoms with E-state index in [1.165, 1.54) is 25.0 Å². The highest BCUT2D eigenvalue weighted by atomic mass is 19.1. The number of halogens is 1. The van der Waals surface area contributed by atoms with Crippen LogP contribution in [0.2, 0.25) is 0 Å². The Morgan fingerprint density at radius 2 is 2.04 bits per heavy atom. The van der Waals surface area contributed by atoms with Gasteiger partial charge in [0, 0.05) is 23.8 Å². The van der Waals surface area contributed by atoms with Gasteiger partial charge in [0.15, 0.2) is 0 Å². The predicted octanol–water partition coefficient (Wildman–Crippen LogP) is 2.02.